The molecule has 0 saturated carbocycles. The number of carbonyl (C=O) groups excluding carboxylic acids is 1. The monoisotopic (exact) mass is 208 g/mol. The fourth-order valence-electron chi connectivity index (χ4n) is 0.999. The lowest BCUT2D eigenvalue weighted by atomic mass is 10.2. The number of pyridine rings is 1. The largest absolute Gasteiger partial charge is 0.456 e. The highest BCUT2D eigenvalue weighted by molar-refractivity contribution is 5.90. The Balaban J connectivity index is 2.88. The van der Waals surface area contributed by atoms with E-state index in [-0.39, 0.29) is 0 Å². The highest BCUT2D eigenvalue weighted by atomic mass is 16.6. The van der Waals surface area contributed by atoms with Gasteiger partial charge >= 0.3 is 5.97 Å². The zero-order valence-electron chi connectivity index (χ0n) is 9.50. The summed E-state index contributed by atoms with van der Waals surface area (Å²) in [6.07, 6.45) is 1.47. The Kier molecular flexibility index (Phi) is 2.98. The Labute approximate surface area is 89.5 Å². The molecule has 4 nitrogen and oxygen atoms in total. The molecule has 0 aliphatic rings. The Morgan fingerprint density at radius 2 is 2.07 bits per heavy atom. The Morgan fingerprint density at radius 3 is 2.53 bits per heavy atom. The van der Waals surface area contributed by atoms with Crippen molar-refractivity contribution < 1.29 is 9.53 Å². The Hall–Kier alpha value is -1.58. The van der Waals surface area contributed by atoms with Crippen LogP contribution in [0, 0.1) is 6.92 Å². The van der Waals surface area contributed by atoms with Crippen molar-refractivity contribution in [1.82, 2.24) is 4.98 Å². The number of rotatable bonds is 1. The molecule has 1 aromatic rings. The van der Waals surface area contributed by atoms with Gasteiger partial charge in [-0.1, -0.05) is 0 Å². The van der Waals surface area contributed by atoms with Crippen LogP contribution in [0.25, 0.3) is 0 Å². The minimum absolute atomic E-state index is 0.382. The molecule has 15 heavy (non-hydrogen) atoms. The van der Waals surface area contributed by atoms with E-state index in [0.29, 0.717) is 16.9 Å². The van der Waals surface area contributed by atoms with Crippen molar-refractivity contribution >= 4 is 11.7 Å². The van der Waals surface area contributed by atoms with Crippen LogP contribution in [0.2, 0.25) is 0 Å². The summed E-state index contributed by atoms with van der Waals surface area (Å²) in [5, 5.41) is 0. The second-order valence-electron chi connectivity index (χ2n) is 4.40. The molecule has 0 atom stereocenters. The number of esters is 1. The van der Waals surface area contributed by atoms with Crippen LogP contribution < -0.4 is 5.73 Å². The summed E-state index contributed by atoms with van der Waals surface area (Å²) in [5.74, 6) is -0.401. The average Bonchev–Trinajstić information content (AvgIpc) is 2.06. The van der Waals surface area contributed by atoms with E-state index in [1.807, 2.05) is 20.8 Å². The summed E-state index contributed by atoms with van der Waals surface area (Å²) in [4.78, 5) is 15.6. The summed E-state index contributed by atoms with van der Waals surface area (Å²) in [6.45, 7) is 7.23. The molecule has 0 unspecified atom stereocenters. The Bertz CT molecular complexity index is 381. The van der Waals surface area contributed by atoms with Crippen LogP contribution >= 0.6 is 0 Å². The molecule has 2 N–H and O–H groups in total. The van der Waals surface area contributed by atoms with Crippen molar-refractivity contribution in [1.29, 1.82) is 0 Å². The van der Waals surface area contributed by atoms with Crippen LogP contribution in [0.3, 0.4) is 0 Å². The quantitative estimate of drug-likeness (QED) is 0.716. The number of hydrogen-bond donors (Lipinski definition) is 1. The standard InChI is InChI=1S/C11H16N2O2/c1-7-9(12)5-8(6-13-7)10(14)15-11(2,3)4/h5-6H,12H2,1-4H3. The van der Waals surface area contributed by atoms with Gasteiger partial charge in [0.15, 0.2) is 0 Å². The molecular formula is C11H16N2O2. The summed E-state index contributed by atoms with van der Waals surface area (Å²) in [6, 6.07) is 1.58. The average molecular weight is 208 g/mol. The zero-order valence-corrected chi connectivity index (χ0v) is 9.50. The summed E-state index contributed by atoms with van der Waals surface area (Å²) >= 11 is 0. The van der Waals surface area contributed by atoms with Crippen molar-refractivity contribution in [2.75, 3.05) is 5.73 Å². The predicted octanol–water partition coefficient (Wildman–Crippen LogP) is 1.93. The smallest absolute Gasteiger partial charge is 0.340 e. The van der Waals surface area contributed by atoms with Crippen LogP contribution in [-0.2, 0) is 4.74 Å². The first-order chi connectivity index (χ1) is 6.79. The first-order valence-electron chi connectivity index (χ1n) is 4.75. The minimum Gasteiger partial charge on any atom is -0.456 e. The van der Waals surface area contributed by atoms with Gasteiger partial charge in [-0.25, -0.2) is 4.79 Å². The lowest BCUT2D eigenvalue weighted by Gasteiger charge is -2.19. The molecule has 1 rings (SSSR count). The van der Waals surface area contributed by atoms with Gasteiger partial charge < -0.3 is 10.5 Å². The van der Waals surface area contributed by atoms with Crippen LogP contribution in [0.15, 0.2) is 12.3 Å². The summed E-state index contributed by atoms with van der Waals surface area (Å²) < 4.78 is 5.18. The third-order valence-electron chi connectivity index (χ3n) is 1.76. The van der Waals surface area contributed by atoms with E-state index in [9.17, 15) is 4.79 Å². The SMILES string of the molecule is Cc1ncc(C(=O)OC(C)(C)C)cc1N. The molecule has 0 saturated heterocycles. The number of ether oxygens (including phenoxy) is 1. The number of aryl methyl sites for hydroxylation is 1. The predicted molar refractivity (Wildman–Crippen MR) is 58.6 cm³/mol. The minimum atomic E-state index is -0.503. The fourth-order valence-corrected chi connectivity index (χ4v) is 0.999. The number of aromatic nitrogens is 1. The van der Waals surface area contributed by atoms with E-state index in [1.165, 1.54) is 6.20 Å². The molecule has 82 valence electrons. The van der Waals surface area contributed by atoms with Crippen molar-refractivity contribution in [2.45, 2.75) is 33.3 Å². The van der Waals surface area contributed by atoms with Gasteiger partial charge in [-0.15, -0.1) is 0 Å². The molecule has 0 bridgehead atoms. The van der Waals surface area contributed by atoms with Crippen LogP contribution in [0.5, 0.6) is 0 Å². The van der Waals surface area contributed by atoms with Crippen molar-refractivity contribution in [2.24, 2.45) is 0 Å². The second-order valence-corrected chi connectivity index (χ2v) is 4.40. The van der Waals surface area contributed by atoms with Gasteiger partial charge in [-0.05, 0) is 33.8 Å². The van der Waals surface area contributed by atoms with E-state index in [2.05, 4.69) is 4.98 Å². The zero-order chi connectivity index (χ0) is 11.6. The number of nitrogens with zero attached hydrogens (tertiary/aromatic N) is 1. The molecule has 0 fully saturated rings. The van der Waals surface area contributed by atoms with Gasteiger partial charge in [0.2, 0.25) is 0 Å². The van der Waals surface area contributed by atoms with Crippen molar-refractivity contribution in [3.05, 3.63) is 23.5 Å². The maximum absolute atomic E-state index is 11.6. The van der Waals surface area contributed by atoms with E-state index in [1.54, 1.807) is 13.0 Å². The van der Waals surface area contributed by atoms with E-state index in [4.69, 9.17) is 10.5 Å². The lowest BCUT2D eigenvalue weighted by molar-refractivity contribution is 0.00691. The molecule has 0 radical (unpaired) electrons. The number of hydrogen-bond acceptors (Lipinski definition) is 4. The molecule has 0 amide bonds. The first-order valence-corrected chi connectivity index (χ1v) is 4.75. The van der Waals surface area contributed by atoms with E-state index >= 15 is 0 Å². The van der Waals surface area contributed by atoms with Crippen LogP contribution in [0.1, 0.15) is 36.8 Å². The first kappa shape index (κ1) is 11.5. The van der Waals surface area contributed by atoms with Crippen molar-refractivity contribution in [3.8, 4) is 0 Å². The molecule has 1 aromatic heterocycles. The van der Waals surface area contributed by atoms with Crippen molar-refractivity contribution in [3.63, 3.8) is 0 Å². The van der Waals surface area contributed by atoms with Gasteiger partial charge in [-0.3, -0.25) is 4.98 Å². The van der Waals surface area contributed by atoms with Gasteiger partial charge in [-0.2, -0.15) is 0 Å². The number of anilines is 1. The molecule has 0 aliphatic carbocycles. The number of nitrogens with two attached hydrogens (primary N) is 1. The van der Waals surface area contributed by atoms with Crippen LogP contribution in [0.4, 0.5) is 5.69 Å². The number of nitrogen functional groups attached to an aromatic ring is 1. The molecule has 0 aliphatic heterocycles. The topological polar surface area (TPSA) is 65.2 Å². The molecule has 0 spiro atoms. The summed E-state index contributed by atoms with van der Waals surface area (Å²) in [7, 11) is 0. The third kappa shape index (κ3) is 3.23. The van der Waals surface area contributed by atoms with Gasteiger partial charge in [0.1, 0.15) is 5.60 Å². The van der Waals surface area contributed by atoms with Gasteiger partial charge in [0.25, 0.3) is 0 Å². The third-order valence-corrected chi connectivity index (χ3v) is 1.76. The highest BCUT2D eigenvalue weighted by Gasteiger charge is 2.18. The number of carbonyl (C=O) groups is 1. The summed E-state index contributed by atoms with van der Waals surface area (Å²) in [5.41, 5.74) is 6.74. The lowest BCUT2D eigenvalue weighted by Crippen LogP contribution is -2.24. The van der Waals surface area contributed by atoms with E-state index in [0.717, 1.165) is 0 Å². The van der Waals surface area contributed by atoms with Gasteiger partial charge in [0.05, 0.1) is 16.9 Å². The fraction of sp³-hybridized carbons (Fsp3) is 0.455. The van der Waals surface area contributed by atoms with Crippen LogP contribution in [-0.4, -0.2) is 16.6 Å². The maximum Gasteiger partial charge on any atom is 0.340 e. The van der Waals surface area contributed by atoms with E-state index < -0.39 is 11.6 Å². The maximum atomic E-state index is 11.6. The molecule has 0 aromatic carbocycles. The molecule has 1 heterocycles. The molecular weight excluding hydrogens is 192 g/mol. The highest BCUT2D eigenvalue weighted by Crippen LogP contribution is 2.14. The normalized spacial score (nSPS) is 11.2. The molecule has 4 heteroatoms. The second kappa shape index (κ2) is 3.88. The van der Waals surface area contributed by atoms with Gasteiger partial charge in [0, 0.05) is 6.20 Å². The Morgan fingerprint density at radius 1 is 1.47 bits per heavy atom.